The minimum atomic E-state index is -0.164. The van der Waals surface area contributed by atoms with Crippen molar-refractivity contribution in [3.63, 3.8) is 0 Å². The molecule has 0 aliphatic carbocycles. The molecule has 90 valence electrons. The van der Waals surface area contributed by atoms with Crippen LogP contribution in [0.25, 0.3) is 10.9 Å². The first kappa shape index (κ1) is 11.1. The third kappa shape index (κ3) is 1.64. The highest BCUT2D eigenvalue weighted by molar-refractivity contribution is 6.29. The molecular formula is C14H10ClNO2. The second-order valence-electron chi connectivity index (χ2n) is 4.13. The maximum Gasteiger partial charge on any atom is 0.230 e. The number of benzene rings is 1. The SMILES string of the molecule is Cc1cccc2[nH]cc(C(=O)c3ccc(Cl)o3)c12. The summed E-state index contributed by atoms with van der Waals surface area (Å²) in [6, 6.07) is 9.01. The molecule has 3 nitrogen and oxygen atoms in total. The maximum atomic E-state index is 12.3. The van der Waals surface area contributed by atoms with Crippen molar-refractivity contribution in [3.05, 3.63) is 58.6 Å². The molecule has 0 bridgehead atoms. The van der Waals surface area contributed by atoms with Crippen LogP contribution in [0, 0.1) is 6.92 Å². The van der Waals surface area contributed by atoms with E-state index in [0.29, 0.717) is 5.56 Å². The fraction of sp³-hybridized carbons (Fsp3) is 0.0714. The third-order valence-electron chi connectivity index (χ3n) is 2.96. The van der Waals surface area contributed by atoms with Crippen LogP contribution in [0.2, 0.25) is 5.22 Å². The Morgan fingerprint density at radius 3 is 2.83 bits per heavy atom. The molecule has 3 rings (SSSR count). The van der Waals surface area contributed by atoms with E-state index in [9.17, 15) is 4.79 Å². The van der Waals surface area contributed by atoms with Gasteiger partial charge in [0.25, 0.3) is 0 Å². The summed E-state index contributed by atoms with van der Waals surface area (Å²) in [5.74, 6) is 0.0894. The number of aromatic amines is 1. The Hall–Kier alpha value is -2.00. The number of fused-ring (bicyclic) bond motifs is 1. The van der Waals surface area contributed by atoms with Crippen molar-refractivity contribution in [2.75, 3.05) is 0 Å². The molecule has 0 aliphatic heterocycles. The van der Waals surface area contributed by atoms with Crippen LogP contribution >= 0.6 is 11.6 Å². The topological polar surface area (TPSA) is 46.0 Å². The summed E-state index contributed by atoms with van der Waals surface area (Å²) in [7, 11) is 0. The Labute approximate surface area is 108 Å². The Morgan fingerprint density at radius 1 is 1.28 bits per heavy atom. The standard InChI is InChI=1S/C14H10ClNO2/c1-8-3-2-4-10-13(8)9(7-16-10)14(17)11-5-6-12(15)18-11/h2-7,16H,1H3. The van der Waals surface area contributed by atoms with Gasteiger partial charge in [-0.05, 0) is 42.3 Å². The second-order valence-corrected chi connectivity index (χ2v) is 4.51. The Balaban J connectivity index is 2.18. The molecule has 0 fully saturated rings. The van der Waals surface area contributed by atoms with Gasteiger partial charge in [-0.1, -0.05) is 12.1 Å². The number of ketones is 1. The van der Waals surface area contributed by atoms with Crippen molar-refractivity contribution in [1.29, 1.82) is 0 Å². The van der Waals surface area contributed by atoms with Gasteiger partial charge in [0, 0.05) is 17.1 Å². The van der Waals surface area contributed by atoms with E-state index in [4.69, 9.17) is 16.0 Å². The first-order valence-electron chi connectivity index (χ1n) is 5.53. The summed E-state index contributed by atoms with van der Waals surface area (Å²) >= 11 is 5.69. The lowest BCUT2D eigenvalue weighted by Gasteiger charge is -1.99. The molecule has 1 N–H and O–H groups in total. The fourth-order valence-corrected chi connectivity index (χ4v) is 2.26. The summed E-state index contributed by atoms with van der Waals surface area (Å²) < 4.78 is 5.16. The lowest BCUT2D eigenvalue weighted by Crippen LogP contribution is -1.98. The summed E-state index contributed by atoms with van der Waals surface area (Å²) in [5, 5.41) is 1.14. The molecule has 18 heavy (non-hydrogen) atoms. The van der Waals surface area contributed by atoms with Crippen LogP contribution in [0.5, 0.6) is 0 Å². The lowest BCUT2D eigenvalue weighted by molar-refractivity contribution is 0.101. The van der Waals surface area contributed by atoms with E-state index in [0.717, 1.165) is 16.5 Å². The number of nitrogens with one attached hydrogen (secondary N) is 1. The highest BCUT2D eigenvalue weighted by atomic mass is 35.5. The molecule has 0 amide bonds. The molecule has 2 heterocycles. The molecule has 0 aliphatic rings. The molecule has 0 saturated heterocycles. The van der Waals surface area contributed by atoms with Crippen molar-refractivity contribution >= 4 is 28.3 Å². The maximum absolute atomic E-state index is 12.3. The van der Waals surface area contributed by atoms with E-state index in [2.05, 4.69) is 4.98 Å². The molecule has 0 radical (unpaired) electrons. The molecule has 2 aromatic heterocycles. The van der Waals surface area contributed by atoms with E-state index in [-0.39, 0.29) is 16.8 Å². The van der Waals surface area contributed by atoms with E-state index in [1.165, 1.54) is 0 Å². The molecule has 0 saturated carbocycles. The number of hydrogen-bond acceptors (Lipinski definition) is 2. The number of rotatable bonds is 2. The molecule has 1 aromatic carbocycles. The highest BCUT2D eigenvalue weighted by Crippen LogP contribution is 2.25. The summed E-state index contributed by atoms with van der Waals surface area (Å²) in [5.41, 5.74) is 2.60. The lowest BCUT2D eigenvalue weighted by atomic mass is 10.0. The van der Waals surface area contributed by atoms with Crippen LogP contribution in [0.1, 0.15) is 21.7 Å². The number of halogens is 1. The van der Waals surface area contributed by atoms with Crippen LogP contribution in [-0.2, 0) is 0 Å². The zero-order valence-electron chi connectivity index (χ0n) is 9.66. The zero-order chi connectivity index (χ0) is 12.7. The first-order valence-corrected chi connectivity index (χ1v) is 5.91. The molecule has 0 unspecified atom stereocenters. The first-order chi connectivity index (χ1) is 8.66. The fourth-order valence-electron chi connectivity index (χ4n) is 2.12. The van der Waals surface area contributed by atoms with Crippen LogP contribution in [-0.4, -0.2) is 10.8 Å². The number of carbonyl (C=O) groups excluding carboxylic acids is 1. The van der Waals surface area contributed by atoms with E-state index in [1.807, 2.05) is 25.1 Å². The summed E-state index contributed by atoms with van der Waals surface area (Å²) in [6.07, 6.45) is 1.70. The van der Waals surface area contributed by atoms with Gasteiger partial charge in [-0.2, -0.15) is 0 Å². The van der Waals surface area contributed by atoms with Gasteiger partial charge in [-0.3, -0.25) is 4.79 Å². The normalized spacial score (nSPS) is 11.0. The average Bonchev–Trinajstić information content (AvgIpc) is 2.95. The van der Waals surface area contributed by atoms with Gasteiger partial charge >= 0.3 is 0 Å². The van der Waals surface area contributed by atoms with Gasteiger partial charge < -0.3 is 9.40 Å². The van der Waals surface area contributed by atoms with Crippen LogP contribution in [0.4, 0.5) is 0 Å². The minimum Gasteiger partial charge on any atom is -0.441 e. The predicted octanol–water partition coefficient (Wildman–Crippen LogP) is 3.95. The summed E-state index contributed by atoms with van der Waals surface area (Å²) in [6.45, 7) is 1.97. The van der Waals surface area contributed by atoms with Gasteiger partial charge in [-0.15, -0.1) is 0 Å². The van der Waals surface area contributed by atoms with Gasteiger partial charge in [0.1, 0.15) is 0 Å². The predicted molar refractivity (Wildman–Crippen MR) is 70.2 cm³/mol. The molecule has 0 spiro atoms. The van der Waals surface area contributed by atoms with Crippen molar-refractivity contribution < 1.29 is 9.21 Å². The molecule has 3 aromatic rings. The zero-order valence-corrected chi connectivity index (χ0v) is 10.4. The quantitative estimate of drug-likeness (QED) is 0.708. The van der Waals surface area contributed by atoms with Crippen molar-refractivity contribution in [3.8, 4) is 0 Å². The largest absolute Gasteiger partial charge is 0.441 e. The van der Waals surface area contributed by atoms with Crippen molar-refractivity contribution in [2.45, 2.75) is 6.92 Å². The smallest absolute Gasteiger partial charge is 0.230 e. The van der Waals surface area contributed by atoms with Gasteiger partial charge in [0.15, 0.2) is 11.0 Å². The van der Waals surface area contributed by atoms with Crippen LogP contribution in [0.15, 0.2) is 40.9 Å². The Bertz CT molecular complexity index is 739. The van der Waals surface area contributed by atoms with Gasteiger partial charge in [0.2, 0.25) is 5.78 Å². The minimum absolute atomic E-state index is 0.164. The molecule has 4 heteroatoms. The Morgan fingerprint density at radius 2 is 2.11 bits per heavy atom. The second kappa shape index (κ2) is 4.03. The van der Waals surface area contributed by atoms with Gasteiger partial charge in [-0.25, -0.2) is 0 Å². The Kier molecular flexibility index (Phi) is 2.49. The molecule has 0 atom stereocenters. The van der Waals surface area contributed by atoms with Crippen LogP contribution < -0.4 is 0 Å². The van der Waals surface area contributed by atoms with Gasteiger partial charge in [0.05, 0.1) is 5.56 Å². The van der Waals surface area contributed by atoms with Crippen molar-refractivity contribution in [1.82, 2.24) is 4.98 Å². The number of carbonyl (C=O) groups is 1. The highest BCUT2D eigenvalue weighted by Gasteiger charge is 2.18. The number of aromatic nitrogens is 1. The number of H-pyrrole nitrogens is 1. The summed E-state index contributed by atoms with van der Waals surface area (Å²) in [4.78, 5) is 15.4. The molecular weight excluding hydrogens is 250 g/mol. The number of furan rings is 1. The number of aryl methyl sites for hydroxylation is 1. The monoisotopic (exact) mass is 259 g/mol. The third-order valence-corrected chi connectivity index (χ3v) is 3.16. The van der Waals surface area contributed by atoms with Crippen molar-refractivity contribution in [2.24, 2.45) is 0 Å². The van der Waals surface area contributed by atoms with E-state index < -0.39 is 0 Å². The van der Waals surface area contributed by atoms with E-state index >= 15 is 0 Å². The van der Waals surface area contributed by atoms with Crippen LogP contribution in [0.3, 0.4) is 0 Å². The number of hydrogen-bond donors (Lipinski definition) is 1. The van der Waals surface area contributed by atoms with E-state index in [1.54, 1.807) is 18.3 Å². The average molecular weight is 260 g/mol.